The van der Waals surface area contributed by atoms with Crippen molar-refractivity contribution in [3.8, 4) is 0 Å². The Bertz CT molecular complexity index is 652. The largest absolute Gasteiger partial charge is 0.449 e. The minimum absolute atomic E-state index is 0.101. The van der Waals surface area contributed by atoms with Crippen LogP contribution in [0.2, 0.25) is 0 Å². The normalized spacial score (nSPS) is 11.9. The Balaban J connectivity index is 2.03. The fraction of sp³-hybridized carbons (Fsp3) is 0.455. The second kappa shape index (κ2) is 5.14. The van der Waals surface area contributed by atoms with Crippen LogP contribution in [0.5, 0.6) is 0 Å². The summed E-state index contributed by atoms with van der Waals surface area (Å²) in [4.78, 5) is 4.20. The molecule has 7 nitrogen and oxygen atoms in total. The molecule has 0 atom stereocenters. The third kappa shape index (κ3) is 3.02. The molecule has 104 valence electrons. The van der Waals surface area contributed by atoms with Crippen molar-refractivity contribution in [2.45, 2.75) is 32.1 Å². The molecule has 0 aliphatic rings. The molecular formula is C11H15N3O4S. The van der Waals surface area contributed by atoms with E-state index in [1.807, 2.05) is 0 Å². The molecule has 2 aromatic rings. The van der Waals surface area contributed by atoms with Gasteiger partial charge in [-0.2, -0.15) is 0 Å². The number of nitrogens with one attached hydrogen (secondary N) is 1. The molecule has 0 aliphatic carbocycles. The Labute approximate surface area is 111 Å². The zero-order valence-corrected chi connectivity index (χ0v) is 11.7. The summed E-state index contributed by atoms with van der Waals surface area (Å²) >= 11 is 0. The van der Waals surface area contributed by atoms with Gasteiger partial charge in [-0.05, 0) is 13.8 Å². The van der Waals surface area contributed by atoms with Crippen molar-refractivity contribution in [1.29, 1.82) is 0 Å². The van der Waals surface area contributed by atoms with Crippen molar-refractivity contribution in [3.05, 3.63) is 29.3 Å². The van der Waals surface area contributed by atoms with E-state index in [1.165, 1.54) is 6.26 Å². The molecule has 0 unspecified atom stereocenters. The first-order valence-electron chi connectivity index (χ1n) is 5.73. The summed E-state index contributed by atoms with van der Waals surface area (Å²) in [6, 6.07) is 0. The Kier molecular flexibility index (Phi) is 3.72. The first-order chi connectivity index (χ1) is 8.90. The molecule has 19 heavy (non-hydrogen) atoms. The van der Waals surface area contributed by atoms with Crippen molar-refractivity contribution in [1.82, 2.24) is 14.9 Å². The first kappa shape index (κ1) is 13.8. The zero-order chi connectivity index (χ0) is 14.0. The van der Waals surface area contributed by atoms with Gasteiger partial charge in [-0.1, -0.05) is 5.16 Å². The second-order valence-corrected chi connectivity index (χ2v) is 5.86. The Hall–Kier alpha value is -1.67. The highest BCUT2D eigenvalue weighted by atomic mass is 32.2. The van der Waals surface area contributed by atoms with Gasteiger partial charge in [0.1, 0.15) is 16.9 Å². The summed E-state index contributed by atoms with van der Waals surface area (Å²) in [6.45, 7) is 5.12. The van der Waals surface area contributed by atoms with Gasteiger partial charge in [0, 0.05) is 19.9 Å². The Morgan fingerprint density at radius 2 is 2.05 bits per heavy atom. The fourth-order valence-electron chi connectivity index (χ4n) is 1.77. The molecule has 0 spiro atoms. The summed E-state index contributed by atoms with van der Waals surface area (Å²) in [5, 5.41) is 3.63. The van der Waals surface area contributed by atoms with Crippen LogP contribution >= 0.6 is 0 Å². The third-order valence-electron chi connectivity index (χ3n) is 2.58. The van der Waals surface area contributed by atoms with Crippen LogP contribution in [-0.4, -0.2) is 25.1 Å². The smallest absolute Gasteiger partial charge is 0.245 e. The predicted molar refractivity (Wildman–Crippen MR) is 66.1 cm³/mol. The van der Waals surface area contributed by atoms with Crippen molar-refractivity contribution >= 4 is 10.0 Å². The van der Waals surface area contributed by atoms with Gasteiger partial charge in [0.05, 0.1) is 5.69 Å². The fourth-order valence-corrected chi connectivity index (χ4v) is 3.12. The van der Waals surface area contributed by atoms with Crippen molar-refractivity contribution < 1.29 is 17.4 Å². The minimum Gasteiger partial charge on any atom is -0.449 e. The number of aryl methyl sites for hydroxylation is 3. The SMILES string of the molecule is Cc1nc(CCNS(=O)(=O)c2c(C)noc2C)co1. The van der Waals surface area contributed by atoms with E-state index in [9.17, 15) is 8.42 Å². The lowest BCUT2D eigenvalue weighted by Crippen LogP contribution is -2.26. The van der Waals surface area contributed by atoms with Crippen LogP contribution in [-0.2, 0) is 16.4 Å². The van der Waals surface area contributed by atoms with Crippen LogP contribution in [0.25, 0.3) is 0 Å². The van der Waals surface area contributed by atoms with Gasteiger partial charge < -0.3 is 8.94 Å². The van der Waals surface area contributed by atoms with Crippen molar-refractivity contribution in [2.24, 2.45) is 0 Å². The summed E-state index contributed by atoms with van der Waals surface area (Å²) in [7, 11) is -3.61. The van der Waals surface area contributed by atoms with E-state index in [2.05, 4.69) is 14.9 Å². The Morgan fingerprint density at radius 1 is 1.32 bits per heavy atom. The summed E-state index contributed by atoms with van der Waals surface area (Å²) in [5.41, 5.74) is 1.06. The molecule has 0 aromatic carbocycles. The number of nitrogens with zero attached hydrogens (tertiary/aromatic N) is 2. The van der Waals surface area contributed by atoms with Crippen LogP contribution < -0.4 is 4.72 Å². The van der Waals surface area contributed by atoms with E-state index in [1.54, 1.807) is 20.8 Å². The predicted octanol–water partition coefficient (Wildman–Crippen LogP) is 1.11. The molecule has 0 saturated heterocycles. The maximum atomic E-state index is 12.1. The highest BCUT2D eigenvalue weighted by Crippen LogP contribution is 2.18. The molecule has 0 radical (unpaired) electrons. The lowest BCUT2D eigenvalue weighted by Gasteiger charge is -2.04. The van der Waals surface area contributed by atoms with E-state index in [4.69, 9.17) is 8.94 Å². The topological polar surface area (TPSA) is 98.2 Å². The molecule has 8 heteroatoms. The highest BCUT2D eigenvalue weighted by molar-refractivity contribution is 7.89. The number of hydrogen-bond donors (Lipinski definition) is 1. The third-order valence-corrected chi connectivity index (χ3v) is 4.28. The lowest BCUT2D eigenvalue weighted by molar-refractivity contribution is 0.390. The molecular weight excluding hydrogens is 270 g/mol. The molecule has 0 fully saturated rings. The highest BCUT2D eigenvalue weighted by Gasteiger charge is 2.23. The number of sulfonamides is 1. The maximum Gasteiger partial charge on any atom is 0.245 e. The van der Waals surface area contributed by atoms with Gasteiger partial charge in [-0.15, -0.1) is 0 Å². The van der Waals surface area contributed by atoms with Crippen LogP contribution in [0.15, 0.2) is 20.1 Å². The van der Waals surface area contributed by atoms with Gasteiger partial charge >= 0.3 is 0 Å². The number of aromatic nitrogens is 2. The van der Waals surface area contributed by atoms with Gasteiger partial charge in [0.25, 0.3) is 0 Å². The minimum atomic E-state index is -3.61. The van der Waals surface area contributed by atoms with E-state index in [0.717, 1.165) is 0 Å². The molecule has 0 bridgehead atoms. The maximum absolute atomic E-state index is 12.1. The lowest BCUT2D eigenvalue weighted by atomic mass is 10.3. The number of rotatable bonds is 5. The number of hydrogen-bond acceptors (Lipinski definition) is 6. The average Bonchev–Trinajstić information content (AvgIpc) is 2.86. The van der Waals surface area contributed by atoms with E-state index in [0.29, 0.717) is 23.7 Å². The van der Waals surface area contributed by atoms with Crippen LogP contribution in [0.4, 0.5) is 0 Å². The summed E-state index contributed by atoms with van der Waals surface area (Å²) in [5.74, 6) is 0.839. The Morgan fingerprint density at radius 3 is 2.58 bits per heavy atom. The molecule has 2 rings (SSSR count). The summed E-state index contributed by atoms with van der Waals surface area (Å²) in [6.07, 6.45) is 1.97. The quantitative estimate of drug-likeness (QED) is 0.883. The van der Waals surface area contributed by atoms with Crippen LogP contribution in [0, 0.1) is 20.8 Å². The monoisotopic (exact) mass is 285 g/mol. The standard InChI is InChI=1S/C11H15N3O4S/c1-7-11(8(2)18-14-7)19(15,16)12-5-4-10-6-17-9(3)13-10/h6,12H,4-5H2,1-3H3. The molecule has 0 amide bonds. The van der Waals surface area contributed by atoms with Gasteiger partial charge in [0.15, 0.2) is 11.7 Å². The molecule has 0 saturated carbocycles. The van der Waals surface area contributed by atoms with E-state index in [-0.39, 0.29) is 17.2 Å². The van der Waals surface area contributed by atoms with Crippen LogP contribution in [0.1, 0.15) is 23.0 Å². The van der Waals surface area contributed by atoms with E-state index < -0.39 is 10.0 Å². The van der Waals surface area contributed by atoms with Crippen LogP contribution in [0.3, 0.4) is 0 Å². The van der Waals surface area contributed by atoms with E-state index >= 15 is 0 Å². The number of oxazole rings is 1. The second-order valence-electron chi connectivity index (χ2n) is 4.16. The average molecular weight is 285 g/mol. The van der Waals surface area contributed by atoms with Gasteiger partial charge in [-0.25, -0.2) is 18.1 Å². The molecule has 1 N–H and O–H groups in total. The van der Waals surface area contributed by atoms with Gasteiger partial charge in [0.2, 0.25) is 10.0 Å². The molecule has 2 aromatic heterocycles. The zero-order valence-electron chi connectivity index (χ0n) is 10.9. The molecule has 0 aliphatic heterocycles. The van der Waals surface area contributed by atoms with Crippen molar-refractivity contribution in [2.75, 3.05) is 6.54 Å². The summed E-state index contributed by atoms with van der Waals surface area (Å²) < 4.78 is 36.5. The first-order valence-corrected chi connectivity index (χ1v) is 7.22. The van der Waals surface area contributed by atoms with Gasteiger partial charge in [-0.3, -0.25) is 0 Å². The molecule has 2 heterocycles. The van der Waals surface area contributed by atoms with Crippen molar-refractivity contribution in [3.63, 3.8) is 0 Å².